The molecule has 1 aromatic rings. The van der Waals surface area contributed by atoms with Gasteiger partial charge in [0.05, 0.1) is 22.0 Å². The highest BCUT2D eigenvalue weighted by Crippen LogP contribution is 2.31. The first-order chi connectivity index (χ1) is 9.48. The highest BCUT2D eigenvalue weighted by molar-refractivity contribution is 7.99. The second-order valence-corrected chi connectivity index (χ2v) is 8.13. The first kappa shape index (κ1) is 15.5. The van der Waals surface area contributed by atoms with Crippen LogP contribution in [0.4, 0.5) is 0 Å². The van der Waals surface area contributed by atoms with Gasteiger partial charge in [0, 0.05) is 0 Å². The molecule has 0 N–H and O–H groups in total. The summed E-state index contributed by atoms with van der Waals surface area (Å²) in [6, 6.07) is 6.82. The zero-order chi connectivity index (χ0) is 14.8. The van der Waals surface area contributed by atoms with Crippen LogP contribution in [0.3, 0.4) is 0 Å². The maximum absolute atomic E-state index is 12.6. The SMILES string of the molecule is CSC1CC(S(=O)(=O)c2ccc(C)cc2)COC1N=[N]. The van der Waals surface area contributed by atoms with Crippen molar-refractivity contribution in [3.05, 3.63) is 29.8 Å². The minimum absolute atomic E-state index is 0.0575. The Balaban J connectivity index is 2.22. The van der Waals surface area contributed by atoms with Crippen LogP contribution >= 0.6 is 11.8 Å². The summed E-state index contributed by atoms with van der Waals surface area (Å²) in [5.74, 6) is 0. The molecule has 3 atom stereocenters. The predicted octanol–water partition coefficient (Wildman–Crippen LogP) is 1.87. The summed E-state index contributed by atoms with van der Waals surface area (Å²) in [6.45, 7) is 1.97. The molecule has 1 heterocycles. The molecule has 2 rings (SSSR count). The van der Waals surface area contributed by atoms with E-state index in [2.05, 4.69) is 5.11 Å². The fraction of sp³-hybridized carbons (Fsp3) is 0.538. The number of benzene rings is 1. The highest BCUT2D eigenvalue weighted by atomic mass is 32.2. The normalized spacial score (nSPS) is 27.2. The summed E-state index contributed by atoms with van der Waals surface area (Å²) in [6.07, 6.45) is 1.63. The van der Waals surface area contributed by atoms with Gasteiger partial charge in [-0.3, -0.25) is 0 Å². The van der Waals surface area contributed by atoms with E-state index in [0.717, 1.165) is 5.56 Å². The Kier molecular flexibility index (Phi) is 4.82. The molecule has 1 saturated heterocycles. The molecule has 7 heteroatoms. The zero-order valence-electron chi connectivity index (χ0n) is 11.4. The van der Waals surface area contributed by atoms with Crippen molar-refractivity contribution in [3.8, 4) is 0 Å². The first-order valence-electron chi connectivity index (χ1n) is 6.28. The van der Waals surface area contributed by atoms with Crippen molar-refractivity contribution >= 4 is 21.6 Å². The van der Waals surface area contributed by atoms with Crippen molar-refractivity contribution < 1.29 is 13.2 Å². The quantitative estimate of drug-likeness (QED) is 0.795. The molecule has 1 fully saturated rings. The molecule has 109 valence electrons. The zero-order valence-corrected chi connectivity index (χ0v) is 13.0. The number of sulfone groups is 1. The molecule has 1 aliphatic rings. The Morgan fingerprint density at radius 3 is 2.55 bits per heavy atom. The summed E-state index contributed by atoms with van der Waals surface area (Å²) >= 11 is 1.45. The molecule has 1 aromatic carbocycles. The number of hydrogen-bond donors (Lipinski definition) is 0. The lowest BCUT2D eigenvalue weighted by molar-refractivity contribution is 0.0253. The van der Waals surface area contributed by atoms with E-state index in [1.54, 1.807) is 24.3 Å². The van der Waals surface area contributed by atoms with Gasteiger partial charge in [0.25, 0.3) is 0 Å². The Hall–Kier alpha value is -0.920. The van der Waals surface area contributed by atoms with E-state index in [1.165, 1.54) is 11.8 Å². The molecule has 0 bridgehead atoms. The topological polar surface area (TPSA) is 78.0 Å². The van der Waals surface area contributed by atoms with E-state index in [0.29, 0.717) is 11.3 Å². The smallest absolute Gasteiger partial charge is 0.183 e. The van der Waals surface area contributed by atoms with Crippen LogP contribution in [-0.4, -0.2) is 38.0 Å². The maximum Gasteiger partial charge on any atom is 0.183 e. The van der Waals surface area contributed by atoms with Crippen molar-refractivity contribution in [1.29, 1.82) is 0 Å². The van der Waals surface area contributed by atoms with E-state index in [9.17, 15) is 8.42 Å². The van der Waals surface area contributed by atoms with Crippen molar-refractivity contribution in [3.63, 3.8) is 0 Å². The van der Waals surface area contributed by atoms with E-state index in [4.69, 9.17) is 10.3 Å². The third-order valence-electron chi connectivity index (χ3n) is 3.47. The molecule has 0 amide bonds. The maximum atomic E-state index is 12.6. The minimum Gasteiger partial charge on any atom is -0.352 e. The number of ether oxygens (including phenoxy) is 1. The molecule has 1 aliphatic heterocycles. The van der Waals surface area contributed by atoms with Crippen molar-refractivity contribution in [2.45, 2.75) is 35.0 Å². The number of nitrogens with zero attached hydrogens (tertiary/aromatic N) is 2. The Morgan fingerprint density at radius 1 is 1.35 bits per heavy atom. The highest BCUT2D eigenvalue weighted by Gasteiger charge is 2.38. The number of thioether (sulfide) groups is 1. The van der Waals surface area contributed by atoms with Crippen molar-refractivity contribution in [2.24, 2.45) is 5.11 Å². The van der Waals surface area contributed by atoms with Crippen LogP contribution in [0.25, 0.3) is 0 Å². The molecule has 0 aliphatic carbocycles. The van der Waals surface area contributed by atoms with Crippen LogP contribution < -0.4 is 5.53 Å². The van der Waals surface area contributed by atoms with Crippen molar-refractivity contribution in [2.75, 3.05) is 12.9 Å². The summed E-state index contributed by atoms with van der Waals surface area (Å²) < 4.78 is 30.5. The fourth-order valence-electron chi connectivity index (χ4n) is 2.21. The number of rotatable bonds is 4. The monoisotopic (exact) mass is 313 g/mol. The van der Waals surface area contributed by atoms with Gasteiger partial charge < -0.3 is 4.74 Å². The second-order valence-electron chi connectivity index (χ2n) is 4.83. The lowest BCUT2D eigenvalue weighted by atomic mass is 10.2. The van der Waals surface area contributed by atoms with Crippen LogP contribution in [0.5, 0.6) is 0 Å². The molecular weight excluding hydrogens is 296 g/mol. The van der Waals surface area contributed by atoms with Gasteiger partial charge in [-0.1, -0.05) is 17.7 Å². The third-order valence-corrected chi connectivity index (χ3v) is 6.64. The summed E-state index contributed by atoms with van der Waals surface area (Å²) in [5.41, 5.74) is 9.88. The molecule has 0 aromatic heterocycles. The van der Waals surface area contributed by atoms with E-state index >= 15 is 0 Å². The molecule has 3 unspecified atom stereocenters. The largest absolute Gasteiger partial charge is 0.352 e. The van der Waals surface area contributed by atoms with E-state index in [1.807, 2.05) is 13.2 Å². The summed E-state index contributed by atoms with van der Waals surface area (Å²) in [4.78, 5) is 0.316. The van der Waals surface area contributed by atoms with Gasteiger partial charge in [-0.25, -0.2) is 8.42 Å². The van der Waals surface area contributed by atoms with Crippen LogP contribution in [0.2, 0.25) is 0 Å². The fourth-order valence-corrected chi connectivity index (χ4v) is 4.74. The molecule has 20 heavy (non-hydrogen) atoms. The lowest BCUT2D eigenvalue weighted by Crippen LogP contribution is -2.42. The Morgan fingerprint density at radius 2 is 2.00 bits per heavy atom. The van der Waals surface area contributed by atoms with Crippen molar-refractivity contribution in [1.82, 2.24) is 5.53 Å². The van der Waals surface area contributed by atoms with Gasteiger partial charge in [-0.2, -0.15) is 11.8 Å². The van der Waals surface area contributed by atoms with Gasteiger partial charge in [-0.15, -0.1) is 5.11 Å². The number of aryl methyl sites for hydroxylation is 1. The first-order valence-corrected chi connectivity index (χ1v) is 9.11. The molecule has 0 spiro atoms. The van der Waals surface area contributed by atoms with Gasteiger partial charge in [-0.05, 0) is 37.3 Å². The van der Waals surface area contributed by atoms with Crippen LogP contribution in [0.1, 0.15) is 12.0 Å². The van der Waals surface area contributed by atoms with Gasteiger partial charge >= 0.3 is 0 Å². The number of hydrogen-bond acceptors (Lipinski definition) is 5. The van der Waals surface area contributed by atoms with E-state index in [-0.39, 0.29) is 11.9 Å². The minimum atomic E-state index is -3.42. The predicted molar refractivity (Wildman–Crippen MR) is 78.4 cm³/mol. The van der Waals surface area contributed by atoms with Gasteiger partial charge in [0.1, 0.15) is 0 Å². The molecule has 1 radical (unpaired) electrons. The van der Waals surface area contributed by atoms with Crippen LogP contribution in [-0.2, 0) is 14.6 Å². The Bertz CT molecular complexity index is 572. The lowest BCUT2D eigenvalue weighted by Gasteiger charge is -2.31. The van der Waals surface area contributed by atoms with E-state index < -0.39 is 21.3 Å². The standard InChI is InChI=1S/C13H17N2O3S2/c1-9-3-5-10(6-4-9)20(16,17)11-7-12(19-2)13(15-14)18-8-11/h3-6,11-13H,7-8H2,1-2H3. The van der Waals surface area contributed by atoms with Crippen LogP contribution in [0, 0.1) is 6.92 Å². The molecule has 5 nitrogen and oxygen atoms in total. The summed E-state index contributed by atoms with van der Waals surface area (Å²) in [5, 5.41) is 2.41. The Labute approximate surface area is 123 Å². The summed E-state index contributed by atoms with van der Waals surface area (Å²) in [7, 11) is -3.42. The van der Waals surface area contributed by atoms with Crippen LogP contribution in [0.15, 0.2) is 34.3 Å². The molecular formula is C13H17N2O3S2. The third kappa shape index (κ3) is 3.05. The van der Waals surface area contributed by atoms with Gasteiger partial charge in [0.15, 0.2) is 16.1 Å². The molecule has 0 saturated carbocycles. The average molecular weight is 313 g/mol. The average Bonchev–Trinajstić information content (AvgIpc) is 2.46. The van der Waals surface area contributed by atoms with Gasteiger partial charge in [0.2, 0.25) is 0 Å². The second kappa shape index (κ2) is 6.24.